The average molecular weight is 285 g/mol. The highest BCUT2D eigenvalue weighted by Gasteiger charge is 2.11. The second-order valence-corrected chi connectivity index (χ2v) is 5.42. The van der Waals surface area contributed by atoms with Gasteiger partial charge >= 0.3 is 0 Å². The molecule has 0 radical (unpaired) electrons. The van der Waals surface area contributed by atoms with Crippen LogP contribution in [0.4, 0.5) is 0 Å². The highest BCUT2D eigenvalue weighted by molar-refractivity contribution is 5.80. The zero-order valence-corrected chi connectivity index (χ0v) is 12.7. The third-order valence-electron chi connectivity index (χ3n) is 3.65. The minimum Gasteiger partial charge on any atom is -0.280 e. The molecule has 1 nitrogen and oxygen atoms in total. The van der Waals surface area contributed by atoms with Crippen LogP contribution in [-0.4, -0.2) is 6.21 Å². The molecule has 0 saturated carbocycles. The van der Waals surface area contributed by atoms with Crippen LogP contribution in [0.5, 0.6) is 0 Å². The monoisotopic (exact) mass is 285 g/mol. The van der Waals surface area contributed by atoms with Gasteiger partial charge in [-0.2, -0.15) is 0 Å². The molecule has 3 aromatic carbocycles. The van der Waals surface area contributed by atoms with Crippen LogP contribution in [0.3, 0.4) is 0 Å². The number of hydrogen-bond donors (Lipinski definition) is 0. The van der Waals surface area contributed by atoms with Crippen LogP contribution in [0.1, 0.15) is 28.3 Å². The largest absolute Gasteiger partial charge is 0.280 e. The molecule has 0 fully saturated rings. The van der Waals surface area contributed by atoms with Crippen LogP contribution in [0, 0.1) is 6.92 Å². The van der Waals surface area contributed by atoms with Gasteiger partial charge in [0.1, 0.15) is 0 Å². The summed E-state index contributed by atoms with van der Waals surface area (Å²) < 4.78 is 0. The van der Waals surface area contributed by atoms with Crippen LogP contribution in [0.25, 0.3) is 0 Å². The summed E-state index contributed by atoms with van der Waals surface area (Å²) in [5, 5.41) is 0. The van der Waals surface area contributed by atoms with E-state index in [-0.39, 0.29) is 6.04 Å². The van der Waals surface area contributed by atoms with Crippen LogP contribution >= 0.6 is 0 Å². The van der Waals surface area contributed by atoms with E-state index in [0.717, 1.165) is 5.56 Å². The highest BCUT2D eigenvalue weighted by Crippen LogP contribution is 2.25. The Labute approximate surface area is 132 Å². The predicted molar refractivity (Wildman–Crippen MR) is 93.5 cm³/mol. The molecule has 0 N–H and O–H groups in total. The fourth-order valence-electron chi connectivity index (χ4n) is 2.55. The summed E-state index contributed by atoms with van der Waals surface area (Å²) in [4.78, 5) is 4.85. The molecule has 0 heterocycles. The van der Waals surface area contributed by atoms with Crippen molar-refractivity contribution in [2.75, 3.05) is 0 Å². The zero-order chi connectivity index (χ0) is 15.2. The smallest absolute Gasteiger partial charge is 0.0999 e. The van der Waals surface area contributed by atoms with E-state index in [1.54, 1.807) is 0 Å². The van der Waals surface area contributed by atoms with Crippen LogP contribution in [-0.2, 0) is 0 Å². The lowest BCUT2D eigenvalue weighted by atomic mass is 9.99. The molecule has 0 spiro atoms. The lowest BCUT2D eigenvalue weighted by Gasteiger charge is -2.13. The second-order valence-electron chi connectivity index (χ2n) is 5.42. The van der Waals surface area contributed by atoms with Crippen LogP contribution in [0.2, 0.25) is 0 Å². The number of aryl methyl sites for hydroxylation is 1. The fraction of sp³-hybridized carbons (Fsp3) is 0.0952. The van der Waals surface area contributed by atoms with E-state index >= 15 is 0 Å². The minimum atomic E-state index is 0.0305. The first kappa shape index (κ1) is 14.3. The average Bonchev–Trinajstić information content (AvgIpc) is 2.57. The number of benzene rings is 3. The zero-order valence-electron chi connectivity index (χ0n) is 12.7. The molecule has 0 aliphatic heterocycles. The Hall–Kier alpha value is -2.67. The second kappa shape index (κ2) is 6.86. The molecular formula is C21H19N. The first-order valence-corrected chi connectivity index (χ1v) is 7.53. The van der Waals surface area contributed by atoms with Crippen molar-refractivity contribution < 1.29 is 0 Å². The molecule has 0 unspecified atom stereocenters. The van der Waals surface area contributed by atoms with Gasteiger partial charge in [-0.05, 0) is 23.6 Å². The normalized spacial score (nSPS) is 11.2. The Bertz CT molecular complexity index is 706. The maximum absolute atomic E-state index is 4.85. The van der Waals surface area contributed by atoms with Crippen molar-refractivity contribution in [1.29, 1.82) is 0 Å². The fourth-order valence-corrected chi connectivity index (χ4v) is 2.55. The Kier molecular flexibility index (Phi) is 4.45. The molecular weight excluding hydrogens is 266 g/mol. The van der Waals surface area contributed by atoms with Gasteiger partial charge in [0.2, 0.25) is 0 Å². The Balaban J connectivity index is 1.96. The van der Waals surface area contributed by atoms with Crippen LogP contribution in [0.15, 0.2) is 89.9 Å². The molecule has 0 atom stereocenters. The first-order chi connectivity index (χ1) is 10.8. The quantitative estimate of drug-likeness (QED) is 0.584. The first-order valence-electron chi connectivity index (χ1n) is 7.53. The molecule has 0 aromatic heterocycles. The maximum Gasteiger partial charge on any atom is 0.0999 e. The van der Waals surface area contributed by atoms with Gasteiger partial charge in [0.15, 0.2) is 0 Å². The van der Waals surface area contributed by atoms with Crippen molar-refractivity contribution in [2.24, 2.45) is 4.99 Å². The summed E-state index contributed by atoms with van der Waals surface area (Å²) in [6, 6.07) is 29.3. The highest BCUT2D eigenvalue weighted by atomic mass is 14.8. The molecule has 1 heteroatoms. The minimum absolute atomic E-state index is 0.0305. The van der Waals surface area contributed by atoms with Gasteiger partial charge in [-0.25, -0.2) is 0 Å². The van der Waals surface area contributed by atoms with E-state index < -0.39 is 0 Å². The molecule has 3 aromatic rings. The number of aliphatic imine (C=N–C) groups is 1. The van der Waals surface area contributed by atoms with Gasteiger partial charge in [-0.3, -0.25) is 4.99 Å². The van der Waals surface area contributed by atoms with Gasteiger partial charge in [0.05, 0.1) is 6.04 Å². The van der Waals surface area contributed by atoms with Crippen molar-refractivity contribution in [3.05, 3.63) is 107 Å². The Morgan fingerprint density at radius 3 is 1.86 bits per heavy atom. The third kappa shape index (κ3) is 3.50. The Morgan fingerprint density at radius 1 is 0.727 bits per heavy atom. The molecule has 0 bridgehead atoms. The summed E-state index contributed by atoms with van der Waals surface area (Å²) >= 11 is 0. The van der Waals surface area contributed by atoms with E-state index in [4.69, 9.17) is 4.99 Å². The molecule has 3 rings (SSSR count). The van der Waals surface area contributed by atoms with Crippen molar-refractivity contribution in [1.82, 2.24) is 0 Å². The van der Waals surface area contributed by atoms with E-state index in [0.29, 0.717) is 0 Å². The number of rotatable bonds is 4. The molecule has 0 saturated heterocycles. The summed E-state index contributed by atoms with van der Waals surface area (Å²) in [6.45, 7) is 2.10. The molecule has 22 heavy (non-hydrogen) atoms. The summed E-state index contributed by atoms with van der Waals surface area (Å²) in [5.74, 6) is 0. The topological polar surface area (TPSA) is 12.4 Å². The summed E-state index contributed by atoms with van der Waals surface area (Å²) in [7, 11) is 0. The van der Waals surface area contributed by atoms with Gasteiger partial charge in [0, 0.05) is 6.21 Å². The van der Waals surface area contributed by atoms with Gasteiger partial charge in [0.25, 0.3) is 0 Å². The maximum atomic E-state index is 4.85. The van der Waals surface area contributed by atoms with E-state index in [2.05, 4.69) is 79.7 Å². The van der Waals surface area contributed by atoms with Crippen molar-refractivity contribution in [3.63, 3.8) is 0 Å². The number of hydrogen-bond acceptors (Lipinski definition) is 1. The van der Waals surface area contributed by atoms with E-state index in [1.165, 1.54) is 16.7 Å². The number of nitrogens with zero attached hydrogens (tertiary/aromatic N) is 1. The lowest BCUT2D eigenvalue weighted by Crippen LogP contribution is -1.98. The van der Waals surface area contributed by atoms with Crippen molar-refractivity contribution in [2.45, 2.75) is 13.0 Å². The van der Waals surface area contributed by atoms with Crippen molar-refractivity contribution >= 4 is 6.21 Å². The molecule has 0 amide bonds. The Morgan fingerprint density at radius 2 is 1.32 bits per heavy atom. The molecule has 0 aliphatic carbocycles. The van der Waals surface area contributed by atoms with Crippen LogP contribution < -0.4 is 0 Å². The summed E-state index contributed by atoms with van der Waals surface area (Å²) in [6.07, 6.45) is 1.97. The SMILES string of the molecule is Cc1cccc(C=NC(c2ccccc2)c2ccccc2)c1. The standard InChI is InChI=1S/C21H19N/c1-17-9-8-10-18(15-17)16-22-21(19-11-4-2-5-12-19)20-13-6-3-7-14-20/h2-16,21H,1H3. The van der Waals surface area contributed by atoms with Crippen molar-refractivity contribution in [3.8, 4) is 0 Å². The third-order valence-corrected chi connectivity index (χ3v) is 3.65. The predicted octanol–water partition coefficient (Wildman–Crippen LogP) is 5.20. The van der Waals surface area contributed by atoms with E-state index in [1.807, 2.05) is 18.3 Å². The van der Waals surface area contributed by atoms with Gasteiger partial charge < -0.3 is 0 Å². The van der Waals surface area contributed by atoms with E-state index in [9.17, 15) is 0 Å². The van der Waals surface area contributed by atoms with Gasteiger partial charge in [-0.15, -0.1) is 0 Å². The molecule has 108 valence electrons. The lowest BCUT2D eigenvalue weighted by molar-refractivity contribution is 0.878. The molecule has 0 aliphatic rings. The summed E-state index contributed by atoms with van der Waals surface area (Å²) in [5.41, 5.74) is 4.80. The van der Waals surface area contributed by atoms with Gasteiger partial charge in [-0.1, -0.05) is 90.5 Å².